The zero-order chi connectivity index (χ0) is 13.9. The van der Waals surface area contributed by atoms with Gasteiger partial charge in [0, 0.05) is 17.3 Å². The van der Waals surface area contributed by atoms with Gasteiger partial charge in [-0.3, -0.25) is 0 Å². The summed E-state index contributed by atoms with van der Waals surface area (Å²) in [5, 5.41) is 9.29. The Kier molecular flexibility index (Phi) is 3.71. The molecule has 0 atom stereocenters. The Morgan fingerprint density at radius 3 is 2.42 bits per heavy atom. The van der Waals surface area contributed by atoms with E-state index in [0.29, 0.717) is 10.1 Å². The molecule has 0 aliphatic rings. The van der Waals surface area contributed by atoms with Crippen molar-refractivity contribution in [2.45, 2.75) is 16.2 Å². The Bertz CT molecular complexity index is 620. The van der Waals surface area contributed by atoms with E-state index in [1.165, 1.54) is 18.5 Å². The van der Waals surface area contributed by atoms with Crippen LogP contribution in [-0.2, 0) is 6.18 Å². The molecule has 1 heterocycles. The Morgan fingerprint density at radius 1 is 1.16 bits per heavy atom. The summed E-state index contributed by atoms with van der Waals surface area (Å²) in [6.45, 7) is 0. The second-order valence-electron chi connectivity index (χ2n) is 3.45. The molecule has 0 spiro atoms. The number of rotatable bonds is 2. The Hall–Kier alpha value is -2.07. The minimum absolute atomic E-state index is 0.0488. The summed E-state index contributed by atoms with van der Waals surface area (Å²) in [4.78, 5) is 8.27. The van der Waals surface area contributed by atoms with Gasteiger partial charge in [-0.25, -0.2) is 9.97 Å². The van der Waals surface area contributed by atoms with E-state index < -0.39 is 11.7 Å². The van der Waals surface area contributed by atoms with E-state index in [0.717, 1.165) is 23.9 Å². The van der Waals surface area contributed by atoms with E-state index in [1.54, 1.807) is 12.1 Å². The fourth-order valence-electron chi connectivity index (χ4n) is 1.32. The second kappa shape index (κ2) is 5.28. The van der Waals surface area contributed by atoms with Crippen molar-refractivity contribution in [2.24, 2.45) is 0 Å². The van der Waals surface area contributed by atoms with E-state index in [9.17, 15) is 13.2 Å². The summed E-state index contributed by atoms with van der Waals surface area (Å²) < 4.78 is 37.6. The van der Waals surface area contributed by atoms with Crippen molar-refractivity contribution in [3.8, 4) is 6.07 Å². The largest absolute Gasteiger partial charge is 0.416 e. The number of nitriles is 1. The van der Waals surface area contributed by atoms with Crippen molar-refractivity contribution in [3.05, 3.63) is 47.8 Å². The van der Waals surface area contributed by atoms with Crippen molar-refractivity contribution in [1.29, 1.82) is 5.26 Å². The van der Waals surface area contributed by atoms with E-state index in [4.69, 9.17) is 5.26 Å². The summed E-state index contributed by atoms with van der Waals surface area (Å²) in [5.74, 6) is 0. The normalized spacial score (nSPS) is 11.1. The van der Waals surface area contributed by atoms with Crippen LogP contribution in [-0.4, -0.2) is 9.97 Å². The maximum absolute atomic E-state index is 12.5. The first-order valence-electron chi connectivity index (χ1n) is 5.07. The number of nitrogens with zero attached hydrogens (tertiary/aromatic N) is 3. The minimum Gasteiger partial charge on any atom is -0.231 e. The lowest BCUT2D eigenvalue weighted by molar-refractivity contribution is -0.137. The first-order valence-corrected chi connectivity index (χ1v) is 5.88. The average molecular weight is 281 g/mol. The van der Waals surface area contributed by atoms with Gasteiger partial charge in [0.15, 0.2) is 5.16 Å². The highest BCUT2D eigenvalue weighted by Crippen LogP contribution is 2.34. The molecule has 0 unspecified atom stereocenters. The summed E-state index contributed by atoms with van der Waals surface area (Å²) >= 11 is 1.05. The monoisotopic (exact) mass is 281 g/mol. The number of benzene rings is 1. The molecule has 0 fully saturated rings. The maximum Gasteiger partial charge on any atom is 0.416 e. The summed E-state index contributed by atoms with van der Waals surface area (Å²) in [6, 6.07) is 6.39. The lowest BCUT2D eigenvalue weighted by atomic mass is 10.1. The van der Waals surface area contributed by atoms with Gasteiger partial charge in [0.1, 0.15) is 6.07 Å². The minimum atomic E-state index is -4.46. The highest BCUT2D eigenvalue weighted by molar-refractivity contribution is 7.99. The molecule has 2 aromatic rings. The van der Waals surface area contributed by atoms with E-state index in [2.05, 4.69) is 9.97 Å². The molecule has 0 aliphatic heterocycles. The van der Waals surface area contributed by atoms with Gasteiger partial charge in [-0.1, -0.05) is 0 Å². The predicted octanol–water partition coefficient (Wildman–Crippen LogP) is 3.52. The number of aromatic nitrogens is 2. The van der Waals surface area contributed by atoms with Gasteiger partial charge in [0.25, 0.3) is 0 Å². The zero-order valence-electron chi connectivity index (χ0n) is 9.35. The van der Waals surface area contributed by atoms with Crippen LogP contribution in [0.5, 0.6) is 0 Å². The molecule has 0 radical (unpaired) electrons. The van der Waals surface area contributed by atoms with Crippen LogP contribution < -0.4 is 0 Å². The van der Waals surface area contributed by atoms with Crippen LogP contribution in [0.3, 0.4) is 0 Å². The number of hydrogen-bond donors (Lipinski definition) is 0. The van der Waals surface area contributed by atoms with Crippen molar-refractivity contribution < 1.29 is 13.2 Å². The third kappa shape index (κ3) is 3.23. The third-order valence-electron chi connectivity index (χ3n) is 2.17. The molecule has 1 aromatic carbocycles. The van der Waals surface area contributed by atoms with Gasteiger partial charge in [-0.05, 0) is 36.0 Å². The molecule has 7 heteroatoms. The molecule has 96 valence electrons. The fraction of sp³-hybridized carbons (Fsp3) is 0.0833. The molecule has 0 saturated carbocycles. The Labute approximate surface area is 111 Å². The van der Waals surface area contributed by atoms with Gasteiger partial charge >= 0.3 is 6.18 Å². The maximum atomic E-state index is 12.5. The van der Waals surface area contributed by atoms with Crippen LogP contribution in [0.25, 0.3) is 0 Å². The lowest BCUT2D eigenvalue weighted by Gasteiger charge is -2.08. The molecular weight excluding hydrogens is 275 g/mol. The summed E-state index contributed by atoms with van der Waals surface area (Å²) in [6.07, 6.45) is -1.42. The molecular formula is C12H6F3N3S. The molecule has 2 rings (SSSR count). The van der Waals surface area contributed by atoms with Crippen molar-refractivity contribution >= 4 is 11.8 Å². The lowest BCUT2D eigenvalue weighted by Crippen LogP contribution is -2.05. The molecule has 0 aliphatic carbocycles. The van der Waals surface area contributed by atoms with E-state index >= 15 is 0 Å². The second-order valence-corrected chi connectivity index (χ2v) is 4.46. The van der Waals surface area contributed by atoms with Gasteiger partial charge in [0.05, 0.1) is 11.1 Å². The number of hydrogen-bond acceptors (Lipinski definition) is 4. The molecule has 0 saturated heterocycles. The first kappa shape index (κ1) is 13.4. The molecule has 19 heavy (non-hydrogen) atoms. The van der Waals surface area contributed by atoms with Gasteiger partial charge in [-0.2, -0.15) is 18.4 Å². The Balaban J connectivity index is 2.35. The van der Waals surface area contributed by atoms with Crippen LogP contribution in [0, 0.1) is 11.3 Å². The summed E-state index contributed by atoms with van der Waals surface area (Å²) in [7, 11) is 0. The Morgan fingerprint density at radius 2 is 1.84 bits per heavy atom. The average Bonchev–Trinajstić information content (AvgIpc) is 2.39. The highest BCUT2D eigenvalue weighted by Gasteiger charge is 2.31. The molecule has 3 nitrogen and oxygen atoms in total. The van der Waals surface area contributed by atoms with Crippen molar-refractivity contribution in [1.82, 2.24) is 9.97 Å². The van der Waals surface area contributed by atoms with Crippen LogP contribution in [0.4, 0.5) is 13.2 Å². The zero-order valence-corrected chi connectivity index (χ0v) is 10.2. The van der Waals surface area contributed by atoms with Gasteiger partial charge in [0.2, 0.25) is 0 Å². The smallest absolute Gasteiger partial charge is 0.231 e. The molecule has 1 aromatic heterocycles. The van der Waals surface area contributed by atoms with Crippen molar-refractivity contribution in [3.63, 3.8) is 0 Å². The van der Waals surface area contributed by atoms with Gasteiger partial charge in [-0.15, -0.1) is 0 Å². The quantitative estimate of drug-likeness (QED) is 0.790. The molecule has 0 N–H and O–H groups in total. The van der Waals surface area contributed by atoms with Crippen LogP contribution in [0.2, 0.25) is 0 Å². The van der Waals surface area contributed by atoms with Crippen molar-refractivity contribution in [2.75, 3.05) is 0 Å². The summed E-state index contributed by atoms with van der Waals surface area (Å²) in [5.41, 5.74) is -0.894. The van der Waals surface area contributed by atoms with Crippen LogP contribution in [0.1, 0.15) is 11.1 Å². The standard InChI is InChI=1S/C12H6F3N3S/c13-12(14,15)9-2-3-10(8(6-9)7-16)19-11-17-4-1-5-18-11/h1-6H. The number of halogens is 3. The van der Waals surface area contributed by atoms with Gasteiger partial charge < -0.3 is 0 Å². The molecule has 0 bridgehead atoms. The van der Waals surface area contributed by atoms with E-state index in [1.807, 2.05) is 0 Å². The first-order chi connectivity index (χ1) is 9.00. The van der Waals surface area contributed by atoms with Crippen LogP contribution >= 0.6 is 11.8 Å². The fourth-order valence-corrected chi connectivity index (χ4v) is 2.09. The highest BCUT2D eigenvalue weighted by atomic mass is 32.2. The SMILES string of the molecule is N#Cc1cc(C(F)(F)F)ccc1Sc1ncccn1. The number of alkyl halides is 3. The third-order valence-corrected chi connectivity index (χ3v) is 3.14. The van der Waals surface area contributed by atoms with Crippen LogP contribution in [0.15, 0.2) is 46.7 Å². The molecule has 0 amide bonds. The topological polar surface area (TPSA) is 49.6 Å². The van der Waals surface area contributed by atoms with E-state index in [-0.39, 0.29) is 5.56 Å². The predicted molar refractivity (Wildman–Crippen MR) is 62.3 cm³/mol.